The molecule has 1 aliphatic rings. The number of hydrogen-bond acceptors (Lipinski definition) is 5. The van der Waals surface area contributed by atoms with Gasteiger partial charge in [0, 0.05) is 65.6 Å². The molecule has 1 aliphatic carbocycles. The molecule has 1 radical (unpaired) electrons. The van der Waals surface area contributed by atoms with E-state index >= 15 is 0 Å². The Balaban J connectivity index is 0.000000312. The quantitative estimate of drug-likeness (QED) is 0.0911. The van der Waals surface area contributed by atoms with E-state index in [-0.39, 0.29) is 54.3 Å². The first-order valence-corrected chi connectivity index (χ1v) is 18.7. The number of ketones is 1. The molecule has 4 nitrogen and oxygen atoms in total. The molecule has 5 aromatic rings. The number of aromatic nitrogens is 2. The van der Waals surface area contributed by atoms with E-state index in [4.69, 9.17) is 11.3 Å². The number of carbonyl (C=O) groups excluding carboxylic acids is 1. The standard InChI is InChI=1S/C31H29N2S.C13H24O2.Ir/c1-18-7-9-20-10-11-21(15-22(20)13-18)26-29-27(33-17-32-26)25-28(34-29)23-14-19(16-30(2,3)4)8-12-24(23)31(25,5)6;1-5-10(6-2)12(14)9-13(15)11(7-3)8-4;/h7-14,17H,16H2,1-6H3;9-11,14H,5-8H2,1-4H3;/q-1;;/b;12-9-;/i10D;;. The Morgan fingerprint density at radius 1 is 1.00 bits per heavy atom. The van der Waals surface area contributed by atoms with Crippen molar-refractivity contribution in [2.24, 2.45) is 17.3 Å². The SMILES string of the molecule is CCC(CC)C(=O)/C=C(\O)C(CC)CC.[2H]c1cc(-c2ncnc3c4c(sc23)-c2cc(CC(C)(C)C)ccc2C4(C)C)[c-]c2cc(C)ccc12.[Ir]. The summed E-state index contributed by atoms with van der Waals surface area (Å²) in [6, 6.07) is 19.1. The molecule has 3 aromatic carbocycles. The molecule has 2 heterocycles. The summed E-state index contributed by atoms with van der Waals surface area (Å²) >= 11 is 1.79. The first-order chi connectivity index (χ1) is 23.6. The molecule has 267 valence electrons. The summed E-state index contributed by atoms with van der Waals surface area (Å²) in [6.07, 6.45) is 7.62. The van der Waals surface area contributed by atoms with Crippen molar-refractivity contribution in [1.82, 2.24) is 9.97 Å². The number of rotatable bonds is 9. The van der Waals surface area contributed by atoms with Crippen molar-refractivity contribution < 1.29 is 31.4 Å². The Morgan fingerprint density at radius 3 is 2.32 bits per heavy atom. The molecule has 0 saturated heterocycles. The van der Waals surface area contributed by atoms with Gasteiger partial charge in [-0.05, 0) is 61.1 Å². The average molecular weight is 867 g/mol. The third-order valence-electron chi connectivity index (χ3n) is 9.99. The number of carbonyl (C=O) groups is 1. The summed E-state index contributed by atoms with van der Waals surface area (Å²) in [7, 11) is 0. The molecule has 2 aromatic heterocycles. The van der Waals surface area contributed by atoms with E-state index in [0.717, 1.165) is 69.9 Å². The van der Waals surface area contributed by atoms with Crippen LogP contribution < -0.4 is 0 Å². The molecule has 0 spiro atoms. The normalized spacial score (nSPS) is 13.9. The van der Waals surface area contributed by atoms with Crippen molar-refractivity contribution in [2.45, 2.75) is 107 Å². The van der Waals surface area contributed by atoms with E-state index in [1.54, 1.807) is 17.7 Å². The number of aliphatic hydroxyl groups is 1. The minimum absolute atomic E-state index is 0. The Hall–Kier alpha value is -3.18. The summed E-state index contributed by atoms with van der Waals surface area (Å²) < 4.78 is 9.71. The van der Waals surface area contributed by atoms with Crippen LogP contribution in [0.25, 0.3) is 42.7 Å². The van der Waals surface area contributed by atoms with Crippen molar-refractivity contribution in [2.75, 3.05) is 0 Å². The molecule has 1 N–H and O–H groups in total. The maximum atomic E-state index is 11.7. The van der Waals surface area contributed by atoms with E-state index in [0.29, 0.717) is 6.04 Å². The minimum Gasteiger partial charge on any atom is -0.512 e. The molecule has 0 atom stereocenters. The smallest absolute Gasteiger partial charge is 0.162 e. The molecule has 0 aliphatic heterocycles. The summed E-state index contributed by atoms with van der Waals surface area (Å²) in [5.41, 5.74) is 9.42. The van der Waals surface area contributed by atoms with Gasteiger partial charge in [0.05, 0.1) is 11.3 Å². The van der Waals surface area contributed by atoms with Gasteiger partial charge in [0.15, 0.2) is 5.78 Å². The molecular weight excluding hydrogens is 813 g/mol. The fraction of sp³-hybridized carbons (Fsp3) is 0.432. The number of thiophene rings is 1. The number of benzene rings is 3. The molecule has 0 fully saturated rings. The first-order valence-electron chi connectivity index (χ1n) is 18.4. The molecule has 0 bridgehead atoms. The predicted octanol–water partition coefficient (Wildman–Crippen LogP) is 12.4. The fourth-order valence-electron chi connectivity index (χ4n) is 7.18. The second kappa shape index (κ2) is 16.0. The third-order valence-corrected chi connectivity index (χ3v) is 11.2. The maximum absolute atomic E-state index is 11.7. The third kappa shape index (κ3) is 8.14. The van der Waals surface area contributed by atoms with Gasteiger partial charge in [-0.15, -0.1) is 41.0 Å². The largest absolute Gasteiger partial charge is 0.512 e. The fourth-order valence-corrected chi connectivity index (χ4v) is 8.62. The minimum atomic E-state index is -0.125. The van der Waals surface area contributed by atoms with Crippen LogP contribution in [0.1, 0.15) is 112 Å². The Bertz CT molecular complexity index is 2070. The van der Waals surface area contributed by atoms with Gasteiger partial charge in [-0.3, -0.25) is 9.78 Å². The second-order valence-electron chi connectivity index (χ2n) is 15.3. The van der Waals surface area contributed by atoms with Crippen LogP contribution in [0.3, 0.4) is 0 Å². The van der Waals surface area contributed by atoms with Crippen LogP contribution in [0, 0.1) is 30.2 Å². The Labute approximate surface area is 318 Å². The van der Waals surface area contributed by atoms with E-state index < -0.39 is 0 Å². The number of aryl methyl sites for hydroxylation is 1. The Morgan fingerprint density at radius 2 is 1.68 bits per heavy atom. The zero-order valence-corrected chi connectivity index (χ0v) is 34.6. The van der Waals surface area contributed by atoms with Gasteiger partial charge in [-0.1, -0.05) is 109 Å². The molecule has 0 amide bonds. The van der Waals surface area contributed by atoms with E-state index in [2.05, 4.69) is 71.9 Å². The Kier molecular flexibility index (Phi) is 12.2. The van der Waals surface area contributed by atoms with Crippen LogP contribution in [-0.2, 0) is 36.7 Å². The number of fused-ring (bicyclic) bond motifs is 6. The zero-order valence-electron chi connectivity index (χ0n) is 32.4. The van der Waals surface area contributed by atoms with Crippen LogP contribution in [0.2, 0.25) is 0 Å². The van der Waals surface area contributed by atoms with Crippen molar-refractivity contribution in [3.8, 4) is 21.7 Å². The van der Waals surface area contributed by atoms with E-state index in [9.17, 15) is 9.90 Å². The number of nitrogens with zero attached hydrogens (tertiary/aromatic N) is 2. The van der Waals surface area contributed by atoms with Gasteiger partial charge >= 0.3 is 0 Å². The number of aliphatic hydroxyl groups excluding tert-OH is 1. The van der Waals surface area contributed by atoms with Crippen LogP contribution in [0.5, 0.6) is 0 Å². The van der Waals surface area contributed by atoms with Gasteiger partial charge in [0.25, 0.3) is 0 Å². The average Bonchev–Trinajstić information content (AvgIpc) is 3.55. The van der Waals surface area contributed by atoms with Gasteiger partial charge in [-0.2, -0.15) is 0 Å². The van der Waals surface area contributed by atoms with E-state index in [1.807, 2.05) is 45.9 Å². The van der Waals surface area contributed by atoms with Gasteiger partial charge in [0.2, 0.25) is 0 Å². The van der Waals surface area contributed by atoms with Crippen LogP contribution in [0.4, 0.5) is 0 Å². The van der Waals surface area contributed by atoms with Crippen molar-refractivity contribution in [1.29, 1.82) is 0 Å². The van der Waals surface area contributed by atoms with Crippen molar-refractivity contribution >= 4 is 38.1 Å². The number of allylic oxidation sites excluding steroid dienone is 2. The molecule has 0 saturated carbocycles. The summed E-state index contributed by atoms with van der Waals surface area (Å²) in [5.74, 6) is 0.547. The van der Waals surface area contributed by atoms with Gasteiger partial charge in [-0.25, -0.2) is 4.98 Å². The molecule has 50 heavy (non-hydrogen) atoms. The zero-order chi connectivity index (χ0) is 36.5. The van der Waals surface area contributed by atoms with Crippen molar-refractivity contribution in [3.63, 3.8) is 0 Å². The van der Waals surface area contributed by atoms with Gasteiger partial charge < -0.3 is 5.11 Å². The van der Waals surface area contributed by atoms with Crippen LogP contribution >= 0.6 is 11.3 Å². The van der Waals surface area contributed by atoms with Crippen molar-refractivity contribution in [3.05, 3.63) is 95.0 Å². The summed E-state index contributed by atoms with van der Waals surface area (Å²) in [4.78, 5) is 22.5. The molecule has 0 unspecified atom stereocenters. The monoisotopic (exact) mass is 867 g/mol. The first kappa shape index (κ1) is 38.1. The van der Waals surface area contributed by atoms with E-state index in [1.165, 1.54) is 33.2 Å². The maximum Gasteiger partial charge on any atom is 0.162 e. The topological polar surface area (TPSA) is 63.1 Å². The van der Waals surface area contributed by atoms with Crippen LogP contribution in [0.15, 0.2) is 66.7 Å². The second-order valence-corrected chi connectivity index (χ2v) is 16.3. The summed E-state index contributed by atoms with van der Waals surface area (Å²) in [6.45, 7) is 21.6. The van der Waals surface area contributed by atoms with Crippen LogP contribution in [-0.4, -0.2) is 20.9 Å². The predicted molar refractivity (Wildman–Crippen MR) is 209 cm³/mol. The molecule has 6 rings (SSSR count). The summed E-state index contributed by atoms with van der Waals surface area (Å²) in [5, 5.41) is 11.6. The molecular formula is C44H53IrN2O2S-. The van der Waals surface area contributed by atoms with Gasteiger partial charge in [0.1, 0.15) is 6.33 Å². The molecule has 6 heteroatoms. The number of hydrogen-bond donors (Lipinski definition) is 1.